The van der Waals surface area contributed by atoms with Crippen molar-refractivity contribution in [3.05, 3.63) is 70.5 Å². The average molecular weight is 464 g/mol. The van der Waals surface area contributed by atoms with Crippen molar-refractivity contribution in [3.8, 4) is 0 Å². The number of carboxylic acid groups (broad SMARTS) is 1. The second-order valence-electron chi connectivity index (χ2n) is 9.24. The van der Waals surface area contributed by atoms with Crippen LogP contribution in [0, 0.1) is 17.7 Å². The van der Waals surface area contributed by atoms with Crippen LogP contribution < -0.4 is 0 Å². The maximum absolute atomic E-state index is 14.3. The molecule has 0 spiro atoms. The summed E-state index contributed by atoms with van der Waals surface area (Å²) in [6.45, 7) is 0.202. The highest BCUT2D eigenvalue weighted by molar-refractivity contribution is 6.21. The number of amides is 3. The quantitative estimate of drug-likeness (QED) is 0.700. The van der Waals surface area contributed by atoms with Crippen molar-refractivity contribution in [2.45, 2.75) is 38.1 Å². The summed E-state index contributed by atoms with van der Waals surface area (Å²) >= 11 is 0. The van der Waals surface area contributed by atoms with Gasteiger partial charge in [0.05, 0.1) is 35.5 Å². The Morgan fingerprint density at radius 3 is 2.26 bits per heavy atom. The molecule has 3 amide bonds. The van der Waals surface area contributed by atoms with Gasteiger partial charge in [0.25, 0.3) is 11.8 Å². The second-order valence-corrected chi connectivity index (χ2v) is 9.24. The topological polar surface area (TPSA) is 95.0 Å². The van der Waals surface area contributed by atoms with E-state index in [0.29, 0.717) is 42.5 Å². The van der Waals surface area contributed by atoms with Gasteiger partial charge in [0.2, 0.25) is 5.91 Å². The number of hydrogen-bond acceptors (Lipinski definition) is 4. The molecule has 3 atom stereocenters. The first-order chi connectivity index (χ1) is 16.4. The predicted octanol–water partition coefficient (Wildman–Crippen LogP) is 3.44. The summed E-state index contributed by atoms with van der Waals surface area (Å²) in [6, 6.07) is 10.2. The molecule has 3 aliphatic rings. The molecular weight excluding hydrogens is 439 g/mol. The van der Waals surface area contributed by atoms with Crippen LogP contribution in [0.15, 0.2) is 42.5 Å². The van der Waals surface area contributed by atoms with Crippen LogP contribution in [0.25, 0.3) is 0 Å². The highest BCUT2D eigenvalue weighted by atomic mass is 19.1. The summed E-state index contributed by atoms with van der Waals surface area (Å²) in [4.78, 5) is 54.3. The number of rotatable bonds is 4. The lowest BCUT2D eigenvalue weighted by Crippen LogP contribution is -2.50. The van der Waals surface area contributed by atoms with Crippen molar-refractivity contribution in [2.24, 2.45) is 11.8 Å². The van der Waals surface area contributed by atoms with E-state index in [1.165, 1.54) is 12.1 Å². The third-order valence-electron chi connectivity index (χ3n) is 7.38. The SMILES string of the molecule is O=C(O)[C@H]1CCCC[C@H]1C(=O)N1CCc2ccc(F)cc2C1CN1C(=O)c2ccccc2C1=O. The highest BCUT2D eigenvalue weighted by Crippen LogP contribution is 2.38. The maximum Gasteiger partial charge on any atom is 0.307 e. The largest absolute Gasteiger partial charge is 0.481 e. The van der Waals surface area contributed by atoms with E-state index in [-0.39, 0.29) is 12.5 Å². The minimum absolute atomic E-state index is 0.112. The zero-order chi connectivity index (χ0) is 24.0. The van der Waals surface area contributed by atoms with Gasteiger partial charge in [-0.05, 0) is 54.7 Å². The molecule has 1 unspecified atom stereocenters. The summed E-state index contributed by atoms with van der Waals surface area (Å²) in [7, 11) is 0. The number of carboxylic acids is 1. The number of halogens is 1. The molecule has 0 radical (unpaired) electrons. The van der Waals surface area contributed by atoms with Gasteiger partial charge in [-0.1, -0.05) is 31.0 Å². The molecule has 0 aromatic heterocycles. The highest BCUT2D eigenvalue weighted by Gasteiger charge is 2.44. The van der Waals surface area contributed by atoms with Gasteiger partial charge >= 0.3 is 5.97 Å². The fourth-order valence-electron chi connectivity index (χ4n) is 5.64. The Balaban J connectivity index is 1.51. The summed E-state index contributed by atoms with van der Waals surface area (Å²) in [5.41, 5.74) is 2.02. The van der Waals surface area contributed by atoms with Crippen LogP contribution in [0.3, 0.4) is 0 Å². The van der Waals surface area contributed by atoms with Crippen molar-refractivity contribution in [2.75, 3.05) is 13.1 Å². The predicted molar refractivity (Wildman–Crippen MR) is 119 cm³/mol. The number of benzene rings is 2. The number of carbonyl (C=O) groups is 4. The van der Waals surface area contributed by atoms with Gasteiger partial charge in [0.15, 0.2) is 0 Å². The molecule has 2 aromatic carbocycles. The van der Waals surface area contributed by atoms with Gasteiger partial charge in [-0.2, -0.15) is 0 Å². The molecule has 1 saturated carbocycles. The number of imide groups is 1. The molecule has 176 valence electrons. The first-order valence-electron chi connectivity index (χ1n) is 11.6. The van der Waals surface area contributed by atoms with E-state index in [1.54, 1.807) is 35.2 Å². The fraction of sp³-hybridized carbons (Fsp3) is 0.385. The van der Waals surface area contributed by atoms with Gasteiger partial charge in [-0.15, -0.1) is 0 Å². The van der Waals surface area contributed by atoms with Crippen molar-refractivity contribution in [1.82, 2.24) is 9.80 Å². The number of aliphatic carboxylic acids is 1. The molecule has 0 saturated heterocycles. The Bertz CT molecular complexity index is 1160. The molecular formula is C26H25FN2O5. The van der Waals surface area contributed by atoms with Gasteiger partial charge < -0.3 is 10.0 Å². The van der Waals surface area contributed by atoms with Gasteiger partial charge in [0.1, 0.15) is 5.82 Å². The molecule has 2 aromatic rings. The molecule has 1 N–H and O–H groups in total. The Morgan fingerprint density at radius 1 is 0.971 bits per heavy atom. The first kappa shape index (κ1) is 22.3. The standard InChI is InChI=1S/C26H25FN2O5/c27-16-10-9-15-11-12-28(23(30)19-7-3-4-8-20(19)26(33)34)22(21(15)13-16)14-29-24(31)17-5-1-2-6-18(17)25(29)32/h1-2,5-6,9-10,13,19-20,22H,3-4,7-8,11-12,14H2,(H,33,34)/t19-,20+,22?/m1/s1. The zero-order valence-corrected chi connectivity index (χ0v) is 18.6. The van der Waals surface area contributed by atoms with E-state index in [4.69, 9.17) is 0 Å². The van der Waals surface area contributed by atoms with Crippen LogP contribution in [0.5, 0.6) is 0 Å². The van der Waals surface area contributed by atoms with Crippen LogP contribution in [0.1, 0.15) is 63.6 Å². The van der Waals surface area contributed by atoms with E-state index in [9.17, 15) is 28.7 Å². The smallest absolute Gasteiger partial charge is 0.307 e. The molecule has 5 rings (SSSR count). The van der Waals surface area contributed by atoms with E-state index < -0.39 is 41.5 Å². The Morgan fingerprint density at radius 2 is 1.62 bits per heavy atom. The molecule has 2 heterocycles. The Labute approximate surface area is 196 Å². The van der Waals surface area contributed by atoms with Crippen LogP contribution >= 0.6 is 0 Å². The lowest BCUT2D eigenvalue weighted by molar-refractivity contribution is -0.153. The van der Waals surface area contributed by atoms with Crippen LogP contribution in [-0.2, 0) is 16.0 Å². The van der Waals surface area contributed by atoms with Crippen molar-refractivity contribution < 1.29 is 28.7 Å². The molecule has 7 nitrogen and oxygen atoms in total. The minimum Gasteiger partial charge on any atom is -0.481 e. The van der Waals surface area contributed by atoms with Crippen LogP contribution in [-0.4, -0.2) is 51.7 Å². The minimum atomic E-state index is -0.988. The van der Waals surface area contributed by atoms with Crippen LogP contribution in [0.4, 0.5) is 4.39 Å². The monoisotopic (exact) mass is 464 g/mol. The lowest BCUT2D eigenvalue weighted by Gasteiger charge is -2.42. The summed E-state index contributed by atoms with van der Waals surface area (Å²) in [5.74, 6) is -4.10. The third kappa shape index (κ3) is 3.67. The average Bonchev–Trinajstić information content (AvgIpc) is 3.08. The number of carbonyl (C=O) groups excluding carboxylic acids is 3. The molecule has 0 bridgehead atoms. The van der Waals surface area contributed by atoms with E-state index in [2.05, 4.69) is 0 Å². The van der Waals surface area contributed by atoms with Gasteiger partial charge in [0, 0.05) is 6.54 Å². The normalized spacial score (nSPS) is 24.1. The van der Waals surface area contributed by atoms with Gasteiger partial charge in [-0.3, -0.25) is 24.1 Å². The van der Waals surface area contributed by atoms with Crippen molar-refractivity contribution in [3.63, 3.8) is 0 Å². The van der Waals surface area contributed by atoms with E-state index >= 15 is 0 Å². The van der Waals surface area contributed by atoms with Crippen molar-refractivity contribution >= 4 is 23.7 Å². The molecule has 1 aliphatic carbocycles. The molecule has 34 heavy (non-hydrogen) atoms. The zero-order valence-electron chi connectivity index (χ0n) is 18.6. The first-order valence-corrected chi connectivity index (χ1v) is 11.6. The Hall–Kier alpha value is -3.55. The Kier molecular flexibility index (Phi) is 5.67. The molecule has 1 fully saturated rings. The number of fused-ring (bicyclic) bond motifs is 2. The number of nitrogens with zero attached hydrogens (tertiary/aromatic N) is 2. The van der Waals surface area contributed by atoms with Crippen LogP contribution in [0.2, 0.25) is 0 Å². The van der Waals surface area contributed by atoms with Gasteiger partial charge in [-0.25, -0.2) is 4.39 Å². The summed E-state index contributed by atoms with van der Waals surface area (Å²) < 4.78 is 14.3. The fourth-order valence-corrected chi connectivity index (χ4v) is 5.64. The molecule has 2 aliphatic heterocycles. The number of hydrogen-bond donors (Lipinski definition) is 1. The lowest BCUT2D eigenvalue weighted by atomic mass is 9.77. The molecule has 8 heteroatoms. The van der Waals surface area contributed by atoms with Crippen molar-refractivity contribution in [1.29, 1.82) is 0 Å². The van der Waals surface area contributed by atoms with E-state index in [1.807, 2.05) is 0 Å². The summed E-state index contributed by atoms with van der Waals surface area (Å²) in [5, 5.41) is 9.70. The maximum atomic E-state index is 14.3. The van der Waals surface area contributed by atoms with E-state index in [0.717, 1.165) is 23.3 Å². The third-order valence-corrected chi connectivity index (χ3v) is 7.38. The summed E-state index contributed by atoms with van der Waals surface area (Å²) in [6.07, 6.45) is 2.93. The second kappa shape index (κ2) is 8.66.